The maximum Gasteiger partial charge on any atom is 0.167 e. The molecule has 0 spiro atoms. The van der Waals surface area contributed by atoms with E-state index in [1.165, 1.54) is 12.4 Å². The fourth-order valence-corrected chi connectivity index (χ4v) is 3.83. The van der Waals surface area contributed by atoms with Gasteiger partial charge in [0, 0.05) is 29.2 Å². The highest BCUT2D eigenvalue weighted by atomic mass is 19.1. The molecule has 0 amide bonds. The molecule has 6 nitrogen and oxygen atoms in total. The van der Waals surface area contributed by atoms with E-state index in [-0.39, 0.29) is 5.75 Å². The van der Waals surface area contributed by atoms with E-state index in [9.17, 15) is 9.50 Å². The second-order valence-electron chi connectivity index (χ2n) is 8.20. The molecule has 1 aliphatic rings. The van der Waals surface area contributed by atoms with Gasteiger partial charge in [-0.2, -0.15) is 0 Å². The van der Waals surface area contributed by atoms with Crippen LogP contribution in [0, 0.1) is 17.7 Å². The summed E-state index contributed by atoms with van der Waals surface area (Å²) in [6, 6.07) is 19.3. The van der Waals surface area contributed by atoms with Gasteiger partial charge in [-0.1, -0.05) is 30.0 Å². The van der Waals surface area contributed by atoms with Crippen LogP contribution in [-0.4, -0.2) is 33.8 Å². The van der Waals surface area contributed by atoms with Crippen molar-refractivity contribution in [3.8, 4) is 23.3 Å². The zero-order chi connectivity index (χ0) is 23.4. The molecule has 5 rings (SSSR count). The van der Waals surface area contributed by atoms with Gasteiger partial charge in [0.25, 0.3) is 0 Å². The molecule has 1 atom stereocenters. The van der Waals surface area contributed by atoms with Crippen molar-refractivity contribution in [3.63, 3.8) is 0 Å². The Balaban J connectivity index is 1.39. The molecular weight excluding hydrogens is 431 g/mol. The number of β-amino-alcohol motifs (C(OH)–C–C–N with tert-alkyl or cyclic N) is 1. The van der Waals surface area contributed by atoms with E-state index < -0.39 is 11.4 Å². The van der Waals surface area contributed by atoms with Gasteiger partial charge in [-0.05, 0) is 61.9 Å². The number of nitrogens with one attached hydrogen (secondary N) is 2. The van der Waals surface area contributed by atoms with Crippen LogP contribution in [0.4, 0.5) is 15.9 Å². The lowest BCUT2D eigenvalue weighted by molar-refractivity contribution is 0.0736. The molecule has 1 aromatic heterocycles. The number of aliphatic hydroxyl groups is 1. The van der Waals surface area contributed by atoms with Crippen LogP contribution in [0.1, 0.15) is 18.4 Å². The van der Waals surface area contributed by atoms with E-state index in [1.54, 1.807) is 24.3 Å². The fourth-order valence-electron chi connectivity index (χ4n) is 3.83. The number of fused-ring (bicyclic) bond motifs is 1. The lowest BCUT2D eigenvalue weighted by atomic mass is 9.94. The van der Waals surface area contributed by atoms with Crippen LogP contribution in [0.5, 0.6) is 11.5 Å². The van der Waals surface area contributed by atoms with Gasteiger partial charge in [-0.25, -0.2) is 14.4 Å². The molecule has 4 aromatic rings. The normalized spacial score (nSPS) is 17.6. The molecule has 1 fully saturated rings. The first kappa shape index (κ1) is 21.8. The third-order valence-electron chi connectivity index (χ3n) is 5.60. The largest absolute Gasteiger partial charge is 0.454 e. The molecule has 0 radical (unpaired) electrons. The number of benzene rings is 3. The Labute approximate surface area is 196 Å². The Hall–Kier alpha value is -3.99. The van der Waals surface area contributed by atoms with E-state index in [2.05, 4.69) is 32.4 Å². The van der Waals surface area contributed by atoms with Crippen molar-refractivity contribution in [2.75, 3.05) is 18.4 Å². The minimum atomic E-state index is -1.03. The van der Waals surface area contributed by atoms with Gasteiger partial charge in [0.05, 0.1) is 5.52 Å². The Morgan fingerprint density at radius 2 is 1.94 bits per heavy atom. The van der Waals surface area contributed by atoms with Crippen molar-refractivity contribution in [2.24, 2.45) is 0 Å². The van der Waals surface area contributed by atoms with Crippen LogP contribution < -0.4 is 15.4 Å². The van der Waals surface area contributed by atoms with E-state index in [0.29, 0.717) is 30.2 Å². The maximum atomic E-state index is 14.7. The lowest BCUT2D eigenvalue weighted by Crippen LogP contribution is -2.44. The molecule has 1 saturated heterocycles. The van der Waals surface area contributed by atoms with Crippen molar-refractivity contribution in [1.82, 2.24) is 15.3 Å². The van der Waals surface area contributed by atoms with Gasteiger partial charge in [-0.3, -0.25) is 0 Å². The first-order valence-electron chi connectivity index (χ1n) is 11.1. The number of hydrogen-bond donors (Lipinski definition) is 3. The summed E-state index contributed by atoms with van der Waals surface area (Å²) in [7, 11) is 0. The van der Waals surface area contributed by atoms with Crippen LogP contribution >= 0.6 is 0 Å². The van der Waals surface area contributed by atoms with E-state index in [4.69, 9.17) is 4.74 Å². The molecule has 0 aliphatic carbocycles. The van der Waals surface area contributed by atoms with Gasteiger partial charge >= 0.3 is 0 Å². The number of halogens is 1. The second kappa shape index (κ2) is 9.48. The van der Waals surface area contributed by atoms with E-state index in [0.717, 1.165) is 29.4 Å². The summed E-state index contributed by atoms with van der Waals surface area (Å²) in [6.07, 6.45) is 2.98. The summed E-state index contributed by atoms with van der Waals surface area (Å²) >= 11 is 0. The van der Waals surface area contributed by atoms with E-state index in [1.807, 2.05) is 36.4 Å². The third kappa shape index (κ3) is 4.99. The van der Waals surface area contributed by atoms with Gasteiger partial charge in [0.1, 0.15) is 23.5 Å². The van der Waals surface area contributed by atoms with Gasteiger partial charge in [0.2, 0.25) is 0 Å². The van der Waals surface area contributed by atoms with Gasteiger partial charge in [-0.15, -0.1) is 0 Å². The van der Waals surface area contributed by atoms with Crippen LogP contribution in [0.25, 0.3) is 10.9 Å². The highest BCUT2D eigenvalue weighted by Crippen LogP contribution is 2.29. The minimum Gasteiger partial charge on any atom is -0.454 e. The average Bonchev–Trinajstić information content (AvgIpc) is 2.86. The number of para-hydroxylation sites is 1. The summed E-state index contributed by atoms with van der Waals surface area (Å²) in [6.45, 7) is 1.35. The number of aromatic nitrogens is 2. The Morgan fingerprint density at radius 3 is 2.74 bits per heavy atom. The molecule has 1 aliphatic heterocycles. The Kier molecular flexibility index (Phi) is 6.09. The molecular formula is C27H23FN4O2. The molecule has 34 heavy (non-hydrogen) atoms. The molecule has 0 saturated carbocycles. The zero-order valence-corrected chi connectivity index (χ0v) is 18.4. The van der Waals surface area contributed by atoms with Crippen molar-refractivity contribution in [3.05, 3.63) is 84.4 Å². The van der Waals surface area contributed by atoms with Crippen LogP contribution in [0.3, 0.4) is 0 Å². The number of ether oxygens (including phenoxy) is 1. The zero-order valence-electron chi connectivity index (χ0n) is 18.4. The third-order valence-corrected chi connectivity index (χ3v) is 5.60. The van der Waals surface area contributed by atoms with Crippen molar-refractivity contribution < 1.29 is 14.2 Å². The number of piperidine rings is 1. The molecule has 0 bridgehead atoms. The van der Waals surface area contributed by atoms with Crippen LogP contribution in [-0.2, 0) is 0 Å². The Bertz CT molecular complexity index is 1380. The standard InChI is InChI=1S/C27H23FN4O2/c28-23-16-20(8-10-25(23)34-21-5-2-1-3-6-21)32-26-22-15-19(7-9-24(22)30-18-31-26)11-13-27(33)12-4-14-29-17-27/h1-3,5-10,15-16,18,29,33H,4,12,14,17H2,(H,30,31,32). The monoisotopic (exact) mass is 454 g/mol. The molecule has 3 aromatic carbocycles. The highest BCUT2D eigenvalue weighted by molar-refractivity contribution is 5.91. The summed E-state index contributed by atoms with van der Waals surface area (Å²) in [5.74, 6) is 6.81. The molecule has 170 valence electrons. The molecule has 1 unspecified atom stereocenters. The SMILES string of the molecule is OC1(C#Cc2ccc3ncnc(Nc4ccc(Oc5ccccc5)c(F)c4)c3c2)CCCNC1. The average molecular weight is 455 g/mol. The predicted molar refractivity (Wildman–Crippen MR) is 130 cm³/mol. The predicted octanol–water partition coefficient (Wildman–Crippen LogP) is 4.77. The smallest absolute Gasteiger partial charge is 0.167 e. The number of hydrogen-bond acceptors (Lipinski definition) is 6. The Morgan fingerprint density at radius 1 is 1.06 bits per heavy atom. The number of nitrogens with zero attached hydrogens (tertiary/aromatic N) is 2. The molecule has 3 N–H and O–H groups in total. The molecule has 7 heteroatoms. The topological polar surface area (TPSA) is 79.3 Å². The van der Waals surface area contributed by atoms with Gasteiger partial charge in [0.15, 0.2) is 11.6 Å². The van der Waals surface area contributed by atoms with Crippen LogP contribution in [0.15, 0.2) is 73.1 Å². The van der Waals surface area contributed by atoms with Gasteiger partial charge < -0.3 is 20.5 Å². The lowest BCUT2D eigenvalue weighted by Gasteiger charge is -2.27. The molecule has 2 heterocycles. The number of anilines is 2. The van der Waals surface area contributed by atoms with Crippen LogP contribution in [0.2, 0.25) is 0 Å². The summed E-state index contributed by atoms with van der Waals surface area (Å²) in [5, 5.41) is 17.7. The number of rotatable bonds is 4. The second-order valence-corrected chi connectivity index (χ2v) is 8.20. The van der Waals surface area contributed by atoms with E-state index >= 15 is 0 Å². The van der Waals surface area contributed by atoms with Crippen molar-refractivity contribution in [1.29, 1.82) is 0 Å². The minimum absolute atomic E-state index is 0.136. The maximum absolute atomic E-state index is 14.7. The first-order chi connectivity index (χ1) is 16.6. The fraction of sp³-hybridized carbons (Fsp3) is 0.185. The summed E-state index contributed by atoms with van der Waals surface area (Å²) < 4.78 is 20.3. The highest BCUT2D eigenvalue weighted by Gasteiger charge is 2.26. The first-order valence-corrected chi connectivity index (χ1v) is 11.1. The summed E-state index contributed by atoms with van der Waals surface area (Å²) in [5.41, 5.74) is 0.965. The van der Waals surface area contributed by atoms with Crippen molar-refractivity contribution >= 4 is 22.4 Å². The quantitative estimate of drug-likeness (QED) is 0.386. The summed E-state index contributed by atoms with van der Waals surface area (Å²) in [4.78, 5) is 8.66. The van der Waals surface area contributed by atoms with Crippen molar-refractivity contribution in [2.45, 2.75) is 18.4 Å².